The quantitative estimate of drug-likeness (QED) is 0.518. The van der Waals surface area contributed by atoms with Crippen LogP contribution < -0.4 is 0 Å². The van der Waals surface area contributed by atoms with Crippen LogP contribution in [-0.2, 0) is 0 Å². The largest absolute Gasteiger partial charge is 0.393 e. The first-order valence-electron chi connectivity index (χ1n) is 13.0. The van der Waals surface area contributed by atoms with Crippen LogP contribution in [0.2, 0.25) is 0 Å². The van der Waals surface area contributed by atoms with E-state index in [4.69, 9.17) is 0 Å². The van der Waals surface area contributed by atoms with Crippen molar-refractivity contribution in [2.75, 3.05) is 0 Å². The lowest BCUT2D eigenvalue weighted by Gasteiger charge is -2.61. The standard InChI is InChI=1S/C27H48O/c1-18(2)9-8-10-19(3)23-17-24(28)25-21-13-12-20-11-6-7-15-26(20,4)22(21)14-16-27(23,25)5/h18-25,28H,6-17H2,1-5H3/t19-,20-,21-,22+,23-,24+,25-,26+,27-/m1/s1. The second-order valence-corrected chi connectivity index (χ2v) is 12.6. The number of fused-ring (bicyclic) bond motifs is 5. The molecule has 162 valence electrons. The molecule has 0 spiro atoms. The number of hydrogen-bond acceptors (Lipinski definition) is 1. The van der Waals surface area contributed by atoms with Crippen LogP contribution in [0.5, 0.6) is 0 Å². The Morgan fingerprint density at radius 3 is 2.43 bits per heavy atom. The summed E-state index contributed by atoms with van der Waals surface area (Å²) in [4.78, 5) is 0. The van der Waals surface area contributed by atoms with E-state index in [1.165, 1.54) is 70.6 Å². The number of aliphatic hydroxyl groups is 1. The number of aliphatic hydroxyl groups excluding tert-OH is 1. The first kappa shape index (κ1) is 21.2. The Morgan fingerprint density at radius 1 is 0.893 bits per heavy atom. The van der Waals surface area contributed by atoms with Gasteiger partial charge in [-0.05, 0) is 97.2 Å². The second-order valence-electron chi connectivity index (χ2n) is 12.6. The summed E-state index contributed by atoms with van der Waals surface area (Å²) in [5.41, 5.74) is 0.985. The minimum absolute atomic E-state index is 0.0286. The molecule has 0 aliphatic heterocycles. The smallest absolute Gasteiger partial charge is 0.0579 e. The fourth-order valence-corrected chi connectivity index (χ4v) is 9.34. The van der Waals surface area contributed by atoms with E-state index in [9.17, 15) is 5.11 Å². The molecule has 4 saturated carbocycles. The molecule has 0 amide bonds. The molecular weight excluding hydrogens is 340 g/mol. The summed E-state index contributed by atoms with van der Waals surface area (Å²) in [6.45, 7) is 12.5. The van der Waals surface area contributed by atoms with E-state index < -0.39 is 0 Å². The van der Waals surface area contributed by atoms with E-state index in [2.05, 4.69) is 34.6 Å². The fraction of sp³-hybridized carbons (Fsp3) is 1.00. The molecule has 0 bridgehead atoms. The molecule has 4 aliphatic rings. The summed E-state index contributed by atoms with van der Waals surface area (Å²) in [5, 5.41) is 11.3. The molecule has 1 nitrogen and oxygen atoms in total. The first-order valence-corrected chi connectivity index (χ1v) is 13.0. The number of rotatable bonds is 5. The lowest BCUT2D eigenvalue weighted by Crippen LogP contribution is -2.54. The van der Waals surface area contributed by atoms with Gasteiger partial charge in [0.2, 0.25) is 0 Å². The van der Waals surface area contributed by atoms with Crippen molar-refractivity contribution in [2.24, 2.45) is 52.3 Å². The molecule has 0 unspecified atom stereocenters. The highest BCUT2D eigenvalue weighted by Crippen LogP contribution is 2.68. The average Bonchev–Trinajstić information content (AvgIpc) is 2.92. The zero-order valence-electron chi connectivity index (χ0n) is 19.6. The molecule has 4 rings (SSSR count). The maximum Gasteiger partial charge on any atom is 0.0579 e. The van der Waals surface area contributed by atoms with E-state index in [-0.39, 0.29) is 6.10 Å². The molecule has 0 aromatic heterocycles. The van der Waals surface area contributed by atoms with Gasteiger partial charge in [0.05, 0.1) is 6.10 Å². The van der Waals surface area contributed by atoms with Crippen molar-refractivity contribution < 1.29 is 5.11 Å². The van der Waals surface area contributed by atoms with Gasteiger partial charge in [0, 0.05) is 0 Å². The Bertz CT molecular complexity index is 540. The van der Waals surface area contributed by atoms with Gasteiger partial charge < -0.3 is 5.11 Å². The van der Waals surface area contributed by atoms with E-state index in [1.54, 1.807) is 0 Å². The molecule has 0 heterocycles. The fourth-order valence-electron chi connectivity index (χ4n) is 9.34. The highest BCUT2D eigenvalue weighted by molar-refractivity contribution is 5.11. The van der Waals surface area contributed by atoms with E-state index in [0.29, 0.717) is 16.7 Å². The van der Waals surface area contributed by atoms with Gasteiger partial charge in [0.1, 0.15) is 0 Å². The summed E-state index contributed by atoms with van der Waals surface area (Å²) in [6, 6.07) is 0. The molecular formula is C27H48O. The van der Waals surface area contributed by atoms with Crippen molar-refractivity contribution in [2.45, 2.75) is 118 Å². The summed E-state index contributed by atoms with van der Waals surface area (Å²) in [7, 11) is 0. The van der Waals surface area contributed by atoms with Crippen molar-refractivity contribution >= 4 is 0 Å². The zero-order valence-corrected chi connectivity index (χ0v) is 19.6. The zero-order chi connectivity index (χ0) is 20.1. The molecule has 0 aromatic rings. The molecule has 0 aromatic carbocycles. The minimum atomic E-state index is -0.0286. The summed E-state index contributed by atoms with van der Waals surface area (Å²) >= 11 is 0. The maximum absolute atomic E-state index is 11.3. The van der Waals surface area contributed by atoms with Crippen molar-refractivity contribution in [1.29, 1.82) is 0 Å². The Kier molecular flexibility index (Phi) is 5.98. The van der Waals surface area contributed by atoms with Gasteiger partial charge in [-0.3, -0.25) is 0 Å². The van der Waals surface area contributed by atoms with Crippen LogP contribution in [0.25, 0.3) is 0 Å². The number of hydrogen-bond donors (Lipinski definition) is 1. The normalized spacial score (nSPS) is 49.4. The summed E-state index contributed by atoms with van der Waals surface area (Å²) < 4.78 is 0. The van der Waals surface area contributed by atoms with Crippen molar-refractivity contribution in [1.82, 2.24) is 0 Å². The molecule has 0 saturated heterocycles. The summed E-state index contributed by atoms with van der Waals surface area (Å²) in [5.74, 6) is 5.63. The van der Waals surface area contributed by atoms with Gasteiger partial charge in [-0.2, -0.15) is 0 Å². The molecule has 1 heteroatoms. The third kappa shape index (κ3) is 3.40. The van der Waals surface area contributed by atoms with Crippen LogP contribution in [0.4, 0.5) is 0 Å². The monoisotopic (exact) mass is 388 g/mol. The Balaban J connectivity index is 1.51. The van der Waals surface area contributed by atoms with Crippen LogP contribution in [-0.4, -0.2) is 11.2 Å². The van der Waals surface area contributed by atoms with E-state index in [1.807, 2.05) is 0 Å². The highest BCUT2D eigenvalue weighted by atomic mass is 16.3. The second kappa shape index (κ2) is 7.90. The van der Waals surface area contributed by atoms with Crippen LogP contribution >= 0.6 is 0 Å². The predicted molar refractivity (Wildman–Crippen MR) is 119 cm³/mol. The molecule has 4 aliphatic carbocycles. The van der Waals surface area contributed by atoms with Gasteiger partial charge >= 0.3 is 0 Å². The van der Waals surface area contributed by atoms with Gasteiger partial charge in [-0.25, -0.2) is 0 Å². The predicted octanol–water partition coefficient (Wildman–Crippen LogP) is 7.47. The lowest BCUT2D eigenvalue weighted by atomic mass is 9.44. The average molecular weight is 389 g/mol. The van der Waals surface area contributed by atoms with Gasteiger partial charge in [0.25, 0.3) is 0 Å². The first-order chi connectivity index (χ1) is 13.3. The van der Waals surface area contributed by atoms with Crippen LogP contribution in [0, 0.1) is 52.3 Å². The molecule has 28 heavy (non-hydrogen) atoms. The molecule has 9 atom stereocenters. The molecule has 4 fully saturated rings. The molecule has 0 radical (unpaired) electrons. The van der Waals surface area contributed by atoms with Crippen LogP contribution in [0.1, 0.15) is 112 Å². The van der Waals surface area contributed by atoms with E-state index in [0.717, 1.165) is 41.9 Å². The van der Waals surface area contributed by atoms with Crippen molar-refractivity contribution in [3.63, 3.8) is 0 Å². The SMILES string of the molecule is CC(C)CCC[C@@H](C)[C@H]1C[C@H](O)[C@H]2[C@@H]3CC[C@H]4CCCC[C@]4(C)[C@H]3CC[C@@]21C. The third-order valence-corrected chi connectivity index (χ3v) is 10.8. The Hall–Kier alpha value is -0.0400. The van der Waals surface area contributed by atoms with Gasteiger partial charge in [-0.1, -0.05) is 66.7 Å². The minimum Gasteiger partial charge on any atom is -0.393 e. The van der Waals surface area contributed by atoms with Crippen molar-refractivity contribution in [3.05, 3.63) is 0 Å². The Labute approximate surface area is 175 Å². The van der Waals surface area contributed by atoms with Gasteiger partial charge in [-0.15, -0.1) is 0 Å². The highest BCUT2D eigenvalue weighted by Gasteiger charge is 2.62. The van der Waals surface area contributed by atoms with Crippen LogP contribution in [0.3, 0.4) is 0 Å². The van der Waals surface area contributed by atoms with Crippen LogP contribution in [0.15, 0.2) is 0 Å². The lowest BCUT2D eigenvalue weighted by molar-refractivity contribution is -0.130. The van der Waals surface area contributed by atoms with Crippen molar-refractivity contribution in [3.8, 4) is 0 Å². The van der Waals surface area contributed by atoms with Gasteiger partial charge in [0.15, 0.2) is 0 Å². The van der Waals surface area contributed by atoms with E-state index >= 15 is 0 Å². The Morgan fingerprint density at radius 2 is 1.68 bits per heavy atom. The summed E-state index contributed by atoms with van der Waals surface area (Å²) in [6.07, 6.45) is 16.7. The maximum atomic E-state index is 11.3. The molecule has 1 N–H and O–H groups in total. The third-order valence-electron chi connectivity index (χ3n) is 10.8. The topological polar surface area (TPSA) is 20.2 Å².